The molecule has 4 aromatic rings. The summed E-state index contributed by atoms with van der Waals surface area (Å²) in [5, 5.41) is 8.54. The normalized spacial score (nSPS) is 10.9. The van der Waals surface area contributed by atoms with E-state index in [1.165, 1.54) is 0 Å². The molecular formula is C23H18N4O. The lowest BCUT2D eigenvalue weighted by atomic mass is 10.1. The van der Waals surface area contributed by atoms with Crippen LogP contribution >= 0.6 is 0 Å². The molecule has 1 amide bonds. The highest BCUT2D eigenvalue weighted by Crippen LogP contribution is 2.23. The van der Waals surface area contributed by atoms with Crippen molar-refractivity contribution in [2.24, 2.45) is 5.10 Å². The van der Waals surface area contributed by atoms with Crippen LogP contribution in [0.2, 0.25) is 0 Å². The number of hydrazone groups is 1. The molecule has 0 saturated heterocycles. The molecule has 3 aromatic carbocycles. The fourth-order valence-corrected chi connectivity index (χ4v) is 2.83. The highest BCUT2D eigenvalue weighted by atomic mass is 16.2. The van der Waals surface area contributed by atoms with Crippen LogP contribution in [-0.2, 0) is 0 Å². The highest BCUT2D eigenvalue weighted by molar-refractivity contribution is 5.94. The summed E-state index contributed by atoms with van der Waals surface area (Å²) in [7, 11) is 0. The van der Waals surface area contributed by atoms with Gasteiger partial charge in [-0.2, -0.15) is 10.2 Å². The fourth-order valence-electron chi connectivity index (χ4n) is 2.83. The first-order chi connectivity index (χ1) is 13.8. The Balaban J connectivity index is 1.63. The Hall–Kier alpha value is -3.99. The van der Waals surface area contributed by atoms with Crippen molar-refractivity contribution >= 4 is 12.1 Å². The average Bonchev–Trinajstić information content (AvgIpc) is 3.21. The van der Waals surface area contributed by atoms with Crippen molar-refractivity contribution in [2.45, 2.75) is 0 Å². The van der Waals surface area contributed by atoms with E-state index in [9.17, 15) is 4.79 Å². The minimum atomic E-state index is -0.362. The van der Waals surface area contributed by atoms with Crippen molar-refractivity contribution < 1.29 is 4.79 Å². The smallest absolute Gasteiger partial charge is 0.265 e. The van der Waals surface area contributed by atoms with Crippen LogP contribution in [-0.4, -0.2) is 21.9 Å². The molecule has 0 spiro atoms. The van der Waals surface area contributed by atoms with Crippen LogP contribution in [0.5, 0.6) is 0 Å². The summed E-state index contributed by atoms with van der Waals surface area (Å²) in [6, 6.07) is 30.9. The third kappa shape index (κ3) is 3.88. The number of aromatic nitrogens is 2. The maximum absolute atomic E-state index is 12.6. The third-order valence-corrected chi connectivity index (χ3v) is 4.19. The molecule has 1 aromatic heterocycles. The molecule has 0 bridgehead atoms. The lowest BCUT2D eigenvalue weighted by Crippen LogP contribution is -2.18. The van der Waals surface area contributed by atoms with Crippen LogP contribution in [0.4, 0.5) is 0 Å². The Morgan fingerprint density at radius 2 is 1.46 bits per heavy atom. The summed E-state index contributed by atoms with van der Waals surface area (Å²) < 4.78 is 1.77. The molecule has 0 unspecified atom stereocenters. The molecule has 0 atom stereocenters. The number of hydrogen-bond donors (Lipinski definition) is 1. The first kappa shape index (κ1) is 17.4. The Bertz CT molecular complexity index is 1030. The fraction of sp³-hybridized carbons (Fsp3) is 0. The Morgan fingerprint density at radius 3 is 2.14 bits per heavy atom. The van der Waals surface area contributed by atoms with Crippen LogP contribution in [0.1, 0.15) is 16.1 Å². The highest BCUT2D eigenvalue weighted by Gasteiger charge is 2.16. The monoisotopic (exact) mass is 366 g/mol. The Labute approximate surface area is 163 Å². The SMILES string of the molecule is O=C(N/N=C\c1ccccc1)c1cc(-c2ccccc2)n(-c2ccccc2)n1. The average molecular weight is 366 g/mol. The minimum Gasteiger partial charge on any atom is -0.265 e. The lowest BCUT2D eigenvalue weighted by Gasteiger charge is -2.07. The van der Waals surface area contributed by atoms with E-state index >= 15 is 0 Å². The topological polar surface area (TPSA) is 59.3 Å². The van der Waals surface area contributed by atoms with Crippen LogP contribution in [0.3, 0.4) is 0 Å². The van der Waals surface area contributed by atoms with Crippen LogP contribution in [0.25, 0.3) is 16.9 Å². The second-order valence-electron chi connectivity index (χ2n) is 6.14. The first-order valence-corrected chi connectivity index (χ1v) is 8.90. The van der Waals surface area contributed by atoms with Crippen LogP contribution in [0.15, 0.2) is 102 Å². The van der Waals surface area contributed by atoms with E-state index in [2.05, 4.69) is 15.6 Å². The number of carbonyl (C=O) groups is 1. The zero-order chi connectivity index (χ0) is 19.2. The molecule has 0 fully saturated rings. The second kappa shape index (κ2) is 8.14. The van der Waals surface area contributed by atoms with E-state index in [4.69, 9.17) is 0 Å². The summed E-state index contributed by atoms with van der Waals surface area (Å²) in [4.78, 5) is 12.6. The molecule has 0 aliphatic heterocycles. The first-order valence-electron chi connectivity index (χ1n) is 8.90. The Kier molecular flexibility index (Phi) is 5.06. The Morgan fingerprint density at radius 1 is 0.857 bits per heavy atom. The molecule has 4 rings (SSSR count). The van der Waals surface area contributed by atoms with E-state index in [1.807, 2.05) is 91.0 Å². The van der Waals surface area contributed by atoms with Gasteiger partial charge in [0, 0.05) is 5.56 Å². The molecule has 0 saturated carbocycles. The molecule has 1 heterocycles. The van der Waals surface area contributed by atoms with Crippen LogP contribution < -0.4 is 5.43 Å². The van der Waals surface area contributed by atoms with Gasteiger partial charge in [-0.25, -0.2) is 10.1 Å². The summed E-state index contributed by atoms with van der Waals surface area (Å²) in [6.07, 6.45) is 1.60. The summed E-state index contributed by atoms with van der Waals surface area (Å²) in [5.74, 6) is -0.362. The number of hydrogen-bond acceptors (Lipinski definition) is 3. The molecule has 28 heavy (non-hydrogen) atoms. The van der Waals surface area contributed by atoms with E-state index in [-0.39, 0.29) is 5.91 Å². The van der Waals surface area contributed by atoms with Crippen molar-refractivity contribution in [3.05, 3.63) is 108 Å². The predicted molar refractivity (Wildman–Crippen MR) is 111 cm³/mol. The maximum Gasteiger partial charge on any atom is 0.291 e. The molecule has 0 radical (unpaired) electrons. The molecular weight excluding hydrogens is 348 g/mol. The van der Waals surface area contributed by atoms with Crippen LogP contribution in [0, 0.1) is 0 Å². The molecule has 5 heteroatoms. The number of rotatable bonds is 5. The summed E-state index contributed by atoms with van der Waals surface area (Å²) in [6.45, 7) is 0. The third-order valence-electron chi connectivity index (χ3n) is 4.19. The number of benzene rings is 3. The van der Waals surface area contributed by atoms with Crippen molar-refractivity contribution in [3.63, 3.8) is 0 Å². The van der Waals surface area contributed by atoms with Gasteiger partial charge in [0.1, 0.15) is 0 Å². The maximum atomic E-state index is 12.6. The largest absolute Gasteiger partial charge is 0.291 e. The van der Waals surface area contributed by atoms with Gasteiger partial charge in [0.05, 0.1) is 17.6 Å². The van der Waals surface area contributed by atoms with Crippen molar-refractivity contribution in [3.8, 4) is 16.9 Å². The van der Waals surface area contributed by atoms with Gasteiger partial charge in [-0.1, -0.05) is 78.9 Å². The molecule has 0 aliphatic rings. The van der Waals surface area contributed by atoms with Crippen molar-refractivity contribution in [2.75, 3.05) is 0 Å². The molecule has 0 aliphatic carbocycles. The van der Waals surface area contributed by atoms with Gasteiger partial charge >= 0.3 is 0 Å². The van der Waals surface area contributed by atoms with Gasteiger partial charge in [-0.05, 0) is 23.8 Å². The molecule has 136 valence electrons. The van der Waals surface area contributed by atoms with E-state index in [0.29, 0.717) is 5.69 Å². The number of nitrogens with zero attached hydrogens (tertiary/aromatic N) is 3. The van der Waals surface area contributed by atoms with E-state index in [1.54, 1.807) is 17.0 Å². The minimum absolute atomic E-state index is 0.299. The zero-order valence-electron chi connectivity index (χ0n) is 15.1. The second-order valence-corrected chi connectivity index (χ2v) is 6.14. The van der Waals surface area contributed by atoms with E-state index < -0.39 is 0 Å². The van der Waals surface area contributed by atoms with Gasteiger partial charge in [0.2, 0.25) is 0 Å². The molecule has 1 N–H and O–H groups in total. The number of para-hydroxylation sites is 1. The zero-order valence-corrected chi connectivity index (χ0v) is 15.1. The van der Waals surface area contributed by atoms with Crippen molar-refractivity contribution in [1.82, 2.24) is 15.2 Å². The quantitative estimate of drug-likeness (QED) is 0.423. The number of amides is 1. The van der Waals surface area contributed by atoms with E-state index in [0.717, 1.165) is 22.5 Å². The molecule has 5 nitrogen and oxygen atoms in total. The van der Waals surface area contributed by atoms with Crippen molar-refractivity contribution in [1.29, 1.82) is 0 Å². The van der Waals surface area contributed by atoms with Gasteiger partial charge < -0.3 is 0 Å². The lowest BCUT2D eigenvalue weighted by molar-refractivity contribution is 0.0949. The van der Waals surface area contributed by atoms with Gasteiger partial charge in [-0.15, -0.1) is 0 Å². The summed E-state index contributed by atoms with van der Waals surface area (Å²) >= 11 is 0. The predicted octanol–water partition coefficient (Wildman–Crippen LogP) is 4.30. The van der Waals surface area contributed by atoms with Gasteiger partial charge in [0.25, 0.3) is 5.91 Å². The summed E-state index contributed by atoms with van der Waals surface area (Å²) in [5.41, 5.74) is 6.45. The standard InChI is InChI=1S/C23H18N4O/c28-23(25-24-17-18-10-4-1-5-11-18)21-16-22(19-12-6-2-7-13-19)27(26-21)20-14-8-3-9-15-20/h1-17H,(H,25,28)/b24-17-. The van der Waals surface area contributed by atoms with Gasteiger partial charge in [-0.3, -0.25) is 4.79 Å². The van der Waals surface area contributed by atoms with Gasteiger partial charge in [0.15, 0.2) is 5.69 Å². The number of carbonyl (C=O) groups excluding carboxylic acids is 1. The number of nitrogens with one attached hydrogen (secondary N) is 1.